The van der Waals surface area contributed by atoms with Crippen LogP contribution in [-0.4, -0.2) is 33.2 Å². The molecular formula is C19H22ClFN2O4S. The molecule has 2 aromatic rings. The minimum Gasteiger partial charge on any atom is -0.494 e. The smallest absolute Gasteiger partial charge is 0.248 e. The van der Waals surface area contributed by atoms with Gasteiger partial charge in [-0.1, -0.05) is 18.5 Å². The van der Waals surface area contributed by atoms with Crippen LogP contribution in [0.2, 0.25) is 5.02 Å². The van der Waals surface area contributed by atoms with Gasteiger partial charge in [0, 0.05) is 5.69 Å². The van der Waals surface area contributed by atoms with Crippen LogP contribution >= 0.6 is 11.6 Å². The zero-order valence-electron chi connectivity index (χ0n) is 15.8. The lowest BCUT2D eigenvalue weighted by atomic mass is 10.1. The Kier molecular flexibility index (Phi) is 7.26. The van der Waals surface area contributed by atoms with Crippen molar-refractivity contribution in [3.8, 4) is 5.75 Å². The van der Waals surface area contributed by atoms with E-state index in [-0.39, 0.29) is 17.1 Å². The molecule has 0 aliphatic rings. The summed E-state index contributed by atoms with van der Waals surface area (Å²) in [5.41, 5.74) is 0.611. The van der Waals surface area contributed by atoms with Crippen molar-refractivity contribution >= 4 is 38.9 Å². The monoisotopic (exact) mass is 428 g/mol. The fraction of sp³-hybridized carbons (Fsp3) is 0.316. The molecule has 0 fully saturated rings. The number of rotatable bonds is 8. The fourth-order valence-corrected chi connectivity index (χ4v) is 4.09. The summed E-state index contributed by atoms with van der Waals surface area (Å²) in [5.74, 6) is -0.533. The van der Waals surface area contributed by atoms with Gasteiger partial charge in [0.05, 0.1) is 23.6 Å². The van der Waals surface area contributed by atoms with Gasteiger partial charge in [0.15, 0.2) is 0 Å². The topological polar surface area (TPSA) is 75.7 Å². The first kappa shape index (κ1) is 22.0. The van der Waals surface area contributed by atoms with Gasteiger partial charge in [-0.25, -0.2) is 12.8 Å². The average molecular weight is 429 g/mol. The third-order valence-electron chi connectivity index (χ3n) is 3.92. The van der Waals surface area contributed by atoms with Crippen LogP contribution in [0.25, 0.3) is 0 Å². The van der Waals surface area contributed by atoms with Crippen LogP contribution in [0.5, 0.6) is 5.75 Å². The van der Waals surface area contributed by atoms with Crippen LogP contribution < -0.4 is 14.4 Å². The highest BCUT2D eigenvalue weighted by Crippen LogP contribution is 2.28. The quantitative estimate of drug-likeness (QED) is 0.687. The molecule has 2 rings (SSSR count). The number of hydrogen-bond donors (Lipinski definition) is 1. The van der Waals surface area contributed by atoms with Crippen molar-refractivity contribution in [2.45, 2.75) is 26.3 Å². The van der Waals surface area contributed by atoms with Crippen LogP contribution in [0.1, 0.15) is 20.3 Å². The highest BCUT2D eigenvalue weighted by atomic mass is 35.5. The molecule has 9 heteroatoms. The second-order valence-corrected chi connectivity index (χ2v) is 8.29. The number of nitrogens with one attached hydrogen (secondary N) is 1. The number of nitrogens with zero attached hydrogens (tertiary/aromatic N) is 1. The van der Waals surface area contributed by atoms with E-state index in [9.17, 15) is 17.6 Å². The van der Waals surface area contributed by atoms with E-state index >= 15 is 0 Å². The molecule has 1 atom stereocenters. The Morgan fingerprint density at radius 1 is 1.21 bits per heavy atom. The maximum Gasteiger partial charge on any atom is 0.248 e. The number of ether oxygens (including phenoxy) is 1. The van der Waals surface area contributed by atoms with Crippen molar-refractivity contribution in [3.05, 3.63) is 53.3 Å². The molecule has 1 amide bonds. The van der Waals surface area contributed by atoms with Gasteiger partial charge in [-0.05, 0) is 55.8 Å². The number of hydrogen-bond acceptors (Lipinski definition) is 4. The van der Waals surface area contributed by atoms with E-state index in [4.69, 9.17) is 16.3 Å². The lowest BCUT2D eigenvalue weighted by molar-refractivity contribution is -0.117. The second-order valence-electron chi connectivity index (χ2n) is 6.03. The van der Waals surface area contributed by atoms with Gasteiger partial charge in [0.1, 0.15) is 17.6 Å². The largest absolute Gasteiger partial charge is 0.494 e. The van der Waals surface area contributed by atoms with Crippen LogP contribution in [0.4, 0.5) is 15.8 Å². The summed E-state index contributed by atoms with van der Waals surface area (Å²) >= 11 is 5.80. The van der Waals surface area contributed by atoms with Gasteiger partial charge >= 0.3 is 0 Å². The molecule has 0 unspecified atom stereocenters. The number of anilines is 2. The molecule has 0 aromatic heterocycles. The maximum absolute atomic E-state index is 13.5. The molecule has 0 aliphatic heterocycles. The van der Waals surface area contributed by atoms with Crippen molar-refractivity contribution in [2.24, 2.45) is 0 Å². The summed E-state index contributed by atoms with van der Waals surface area (Å²) in [6, 6.07) is 9.21. The van der Waals surface area contributed by atoms with E-state index in [1.165, 1.54) is 12.1 Å². The van der Waals surface area contributed by atoms with Gasteiger partial charge in [0.25, 0.3) is 0 Å². The molecule has 152 valence electrons. The zero-order chi connectivity index (χ0) is 20.9. The van der Waals surface area contributed by atoms with E-state index in [1.54, 1.807) is 31.2 Å². The maximum atomic E-state index is 13.5. The molecule has 0 bridgehead atoms. The van der Waals surface area contributed by atoms with Crippen molar-refractivity contribution in [2.75, 3.05) is 22.5 Å². The molecular weight excluding hydrogens is 407 g/mol. The Balaban J connectivity index is 2.32. The molecule has 28 heavy (non-hydrogen) atoms. The number of carbonyl (C=O) groups excluding carboxylic acids is 1. The van der Waals surface area contributed by atoms with E-state index in [0.717, 1.165) is 16.6 Å². The highest BCUT2D eigenvalue weighted by Gasteiger charge is 2.32. The minimum absolute atomic E-state index is 0.114. The third kappa shape index (κ3) is 5.36. The van der Waals surface area contributed by atoms with Gasteiger partial charge in [-0.3, -0.25) is 9.10 Å². The van der Waals surface area contributed by atoms with Crippen LogP contribution in [0.15, 0.2) is 42.5 Å². The van der Waals surface area contributed by atoms with Crippen LogP contribution in [0, 0.1) is 5.82 Å². The molecule has 0 spiro atoms. The highest BCUT2D eigenvalue weighted by molar-refractivity contribution is 7.92. The summed E-state index contributed by atoms with van der Waals surface area (Å²) in [4.78, 5) is 12.8. The SMILES string of the molecule is CCOc1ccc(NC(=O)[C@@H](CC)N(c2ccc(F)c(Cl)c2)S(C)(=O)=O)cc1. The van der Waals surface area contributed by atoms with Gasteiger partial charge in [0.2, 0.25) is 15.9 Å². The summed E-state index contributed by atoms with van der Waals surface area (Å²) < 4.78 is 44.6. The number of halogens is 2. The fourth-order valence-electron chi connectivity index (χ4n) is 2.71. The molecule has 0 radical (unpaired) electrons. The van der Waals surface area contributed by atoms with Crippen LogP contribution in [-0.2, 0) is 14.8 Å². The third-order valence-corrected chi connectivity index (χ3v) is 5.39. The summed E-state index contributed by atoms with van der Waals surface area (Å²) in [6.07, 6.45) is 1.18. The Hall–Kier alpha value is -2.32. The van der Waals surface area contributed by atoms with Gasteiger partial charge in [-0.2, -0.15) is 0 Å². The number of amides is 1. The number of carbonyl (C=O) groups is 1. The Morgan fingerprint density at radius 2 is 1.86 bits per heavy atom. The Bertz CT molecular complexity index is 935. The average Bonchev–Trinajstić information content (AvgIpc) is 2.63. The predicted octanol–water partition coefficient (Wildman–Crippen LogP) is 4.06. The van der Waals surface area contributed by atoms with E-state index in [0.29, 0.717) is 18.0 Å². The zero-order valence-corrected chi connectivity index (χ0v) is 17.3. The van der Waals surface area contributed by atoms with E-state index in [2.05, 4.69) is 5.32 Å². The molecule has 0 saturated carbocycles. The number of sulfonamides is 1. The van der Waals surface area contributed by atoms with Crippen LogP contribution in [0.3, 0.4) is 0 Å². The molecule has 0 saturated heterocycles. The lowest BCUT2D eigenvalue weighted by Crippen LogP contribution is -2.47. The lowest BCUT2D eigenvalue weighted by Gasteiger charge is -2.30. The van der Waals surface area contributed by atoms with Crippen molar-refractivity contribution < 1.29 is 22.3 Å². The summed E-state index contributed by atoms with van der Waals surface area (Å²) in [7, 11) is -3.84. The van der Waals surface area contributed by atoms with Gasteiger partial charge < -0.3 is 10.1 Å². The standard InChI is InChI=1S/C19H22ClFN2O4S/c1-4-18(19(24)22-13-6-9-15(10-7-13)27-5-2)23(28(3,25)26)14-8-11-17(21)16(20)12-14/h6-12,18H,4-5H2,1-3H3,(H,22,24)/t18-/m1/s1. The molecule has 1 N–H and O–H groups in total. The first-order valence-electron chi connectivity index (χ1n) is 8.65. The first-order valence-corrected chi connectivity index (χ1v) is 10.9. The minimum atomic E-state index is -3.84. The summed E-state index contributed by atoms with van der Waals surface area (Å²) in [5, 5.41) is 2.47. The Morgan fingerprint density at radius 3 is 2.36 bits per heavy atom. The van der Waals surface area contributed by atoms with Gasteiger partial charge in [-0.15, -0.1) is 0 Å². The normalized spacial score (nSPS) is 12.3. The molecule has 0 heterocycles. The first-order chi connectivity index (χ1) is 13.2. The van der Waals surface area contributed by atoms with Crippen molar-refractivity contribution in [1.82, 2.24) is 0 Å². The molecule has 2 aromatic carbocycles. The summed E-state index contributed by atoms with van der Waals surface area (Å²) in [6.45, 7) is 4.07. The number of benzene rings is 2. The van der Waals surface area contributed by atoms with Crippen molar-refractivity contribution in [3.63, 3.8) is 0 Å². The van der Waals surface area contributed by atoms with E-state index < -0.39 is 27.8 Å². The van der Waals surface area contributed by atoms with E-state index in [1.807, 2.05) is 6.92 Å². The van der Waals surface area contributed by atoms with Crippen molar-refractivity contribution in [1.29, 1.82) is 0 Å². The second kappa shape index (κ2) is 9.25. The molecule has 6 nitrogen and oxygen atoms in total. The molecule has 0 aliphatic carbocycles. The Labute approximate surface area is 169 Å². The predicted molar refractivity (Wildman–Crippen MR) is 109 cm³/mol.